The van der Waals surface area contributed by atoms with Crippen LogP contribution in [0.4, 0.5) is 5.82 Å². The van der Waals surface area contributed by atoms with Gasteiger partial charge in [0.15, 0.2) is 11.0 Å². The number of nitrogens with zero attached hydrogens (tertiary/aromatic N) is 6. The van der Waals surface area contributed by atoms with Gasteiger partial charge in [-0.05, 0) is 33.3 Å². The lowest BCUT2D eigenvalue weighted by Crippen LogP contribution is -2.48. The van der Waals surface area contributed by atoms with Crippen molar-refractivity contribution in [2.24, 2.45) is 4.99 Å². The van der Waals surface area contributed by atoms with E-state index in [9.17, 15) is 5.26 Å². The highest BCUT2D eigenvalue weighted by Crippen LogP contribution is 2.34. The predicted molar refractivity (Wildman–Crippen MR) is 94.0 cm³/mol. The molecule has 0 atom stereocenters. The summed E-state index contributed by atoms with van der Waals surface area (Å²) in [6.45, 7) is 12.7. The third-order valence-corrected chi connectivity index (χ3v) is 5.61. The molecule has 0 amide bonds. The Kier molecular flexibility index (Phi) is 4.19. The number of anilines is 1. The summed E-state index contributed by atoms with van der Waals surface area (Å²) in [6, 6.07) is 2.29. The quantitative estimate of drug-likeness (QED) is 0.784. The number of hydrogen-bond donors (Lipinski definition) is 0. The lowest BCUT2D eigenvalue weighted by Gasteiger charge is -2.36. The highest BCUT2D eigenvalue weighted by Gasteiger charge is 2.32. The number of hydrogen-bond acceptors (Lipinski definition) is 7. The Morgan fingerprint density at radius 3 is 2.30 bits per heavy atom. The van der Waals surface area contributed by atoms with Crippen molar-refractivity contribution in [2.45, 2.75) is 32.4 Å². The molecule has 23 heavy (non-hydrogen) atoms. The van der Waals surface area contributed by atoms with E-state index in [-0.39, 0.29) is 4.75 Å². The zero-order valence-corrected chi connectivity index (χ0v) is 14.9. The zero-order chi connectivity index (χ0) is 16.6. The van der Waals surface area contributed by atoms with Gasteiger partial charge in [0.25, 0.3) is 0 Å². The smallest absolute Gasteiger partial charge is 0.169 e. The fourth-order valence-corrected chi connectivity index (χ4v) is 3.86. The summed E-state index contributed by atoms with van der Waals surface area (Å²) in [4.78, 5) is 9.19. The van der Waals surface area contributed by atoms with Crippen molar-refractivity contribution in [1.29, 1.82) is 5.26 Å². The van der Waals surface area contributed by atoms with Crippen LogP contribution in [0.15, 0.2) is 4.99 Å². The summed E-state index contributed by atoms with van der Waals surface area (Å²) in [5.41, 5.74) is 2.40. The molecule has 1 aromatic rings. The van der Waals surface area contributed by atoms with Crippen LogP contribution in [0.5, 0.6) is 0 Å². The molecule has 6 nitrogen and oxygen atoms in total. The largest absolute Gasteiger partial charge is 0.350 e. The number of amidine groups is 1. The Morgan fingerprint density at radius 2 is 1.74 bits per heavy atom. The Bertz CT molecular complexity index is 683. The highest BCUT2D eigenvalue weighted by atomic mass is 32.2. The molecule has 0 N–H and O–H groups in total. The van der Waals surface area contributed by atoms with E-state index in [2.05, 4.69) is 44.9 Å². The normalized spacial score (nSPS) is 20.4. The van der Waals surface area contributed by atoms with E-state index in [4.69, 9.17) is 0 Å². The van der Waals surface area contributed by atoms with Crippen LogP contribution in [0.3, 0.4) is 0 Å². The molecule has 1 aromatic heterocycles. The molecule has 0 aliphatic carbocycles. The molecule has 3 heterocycles. The second-order valence-corrected chi connectivity index (χ2v) is 8.33. The van der Waals surface area contributed by atoms with Crippen LogP contribution in [0.1, 0.15) is 30.7 Å². The molecule has 7 heteroatoms. The number of aliphatic imine (C=N–C) groups is 1. The van der Waals surface area contributed by atoms with Crippen molar-refractivity contribution >= 4 is 22.7 Å². The molecule has 1 fully saturated rings. The number of aromatic nitrogens is 2. The van der Waals surface area contributed by atoms with Crippen molar-refractivity contribution in [3.8, 4) is 6.07 Å². The number of aryl methyl sites for hydroxylation is 1. The van der Waals surface area contributed by atoms with Gasteiger partial charge in [-0.3, -0.25) is 4.99 Å². The van der Waals surface area contributed by atoms with Gasteiger partial charge >= 0.3 is 0 Å². The fourth-order valence-electron chi connectivity index (χ4n) is 2.79. The van der Waals surface area contributed by atoms with Crippen molar-refractivity contribution in [3.05, 3.63) is 16.8 Å². The number of thioether (sulfide) groups is 1. The lowest BCUT2D eigenvalue weighted by atomic mass is 10.1. The Balaban J connectivity index is 1.71. The molecule has 0 aromatic carbocycles. The lowest BCUT2D eigenvalue weighted by molar-refractivity contribution is 0.390. The van der Waals surface area contributed by atoms with Gasteiger partial charge in [-0.15, -0.1) is 5.10 Å². The molecular weight excluding hydrogens is 308 g/mol. The molecule has 2 aliphatic heterocycles. The maximum absolute atomic E-state index is 9.46. The zero-order valence-electron chi connectivity index (χ0n) is 14.1. The molecule has 122 valence electrons. The van der Waals surface area contributed by atoms with E-state index in [1.54, 1.807) is 0 Å². The molecule has 0 saturated carbocycles. The van der Waals surface area contributed by atoms with Crippen LogP contribution in [-0.2, 0) is 0 Å². The summed E-state index contributed by atoms with van der Waals surface area (Å²) in [7, 11) is 0. The maximum atomic E-state index is 9.46. The van der Waals surface area contributed by atoms with Crippen LogP contribution in [-0.4, -0.2) is 57.7 Å². The topological polar surface area (TPSA) is 68.4 Å². The van der Waals surface area contributed by atoms with E-state index in [1.807, 2.05) is 25.6 Å². The Hall–Kier alpha value is -1.81. The van der Waals surface area contributed by atoms with Crippen LogP contribution < -0.4 is 4.90 Å². The van der Waals surface area contributed by atoms with E-state index in [0.29, 0.717) is 5.56 Å². The first-order valence-electron chi connectivity index (χ1n) is 7.88. The summed E-state index contributed by atoms with van der Waals surface area (Å²) < 4.78 is 0.208. The van der Waals surface area contributed by atoms with Gasteiger partial charge in [-0.2, -0.15) is 10.4 Å². The van der Waals surface area contributed by atoms with Gasteiger partial charge in [-0.25, -0.2) is 0 Å². The first-order valence-corrected chi connectivity index (χ1v) is 8.70. The molecular formula is C16H22N6S. The average Bonchev–Trinajstić information content (AvgIpc) is 2.90. The maximum Gasteiger partial charge on any atom is 0.169 e. The number of nitriles is 1. The molecule has 0 radical (unpaired) electrons. The highest BCUT2D eigenvalue weighted by molar-refractivity contribution is 8.15. The molecule has 0 spiro atoms. The molecule has 0 bridgehead atoms. The van der Waals surface area contributed by atoms with Crippen LogP contribution in [0.25, 0.3) is 0 Å². The minimum Gasteiger partial charge on any atom is -0.350 e. The van der Waals surface area contributed by atoms with Crippen molar-refractivity contribution < 1.29 is 0 Å². The summed E-state index contributed by atoms with van der Waals surface area (Å²) in [6.07, 6.45) is 0. The third-order valence-electron chi connectivity index (χ3n) is 4.36. The molecule has 2 aliphatic rings. The van der Waals surface area contributed by atoms with Crippen LogP contribution >= 0.6 is 11.8 Å². The summed E-state index contributed by atoms with van der Waals surface area (Å²) in [5, 5.41) is 19.1. The summed E-state index contributed by atoms with van der Waals surface area (Å²) in [5.74, 6) is 0.719. The minimum atomic E-state index is 0.208. The van der Waals surface area contributed by atoms with Crippen molar-refractivity contribution in [2.75, 3.05) is 37.6 Å². The third kappa shape index (κ3) is 3.13. The number of rotatable bonds is 1. The van der Waals surface area contributed by atoms with Crippen molar-refractivity contribution in [1.82, 2.24) is 15.1 Å². The van der Waals surface area contributed by atoms with Gasteiger partial charge in [0.2, 0.25) is 0 Å². The van der Waals surface area contributed by atoms with Gasteiger partial charge in [0.1, 0.15) is 11.6 Å². The minimum absolute atomic E-state index is 0.208. The fraction of sp³-hybridized carbons (Fsp3) is 0.625. The van der Waals surface area contributed by atoms with E-state index >= 15 is 0 Å². The predicted octanol–water partition coefficient (Wildman–Crippen LogP) is 1.97. The van der Waals surface area contributed by atoms with E-state index in [0.717, 1.165) is 55.0 Å². The Labute approximate surface area is 141 Å². The van der Waals surface area contributed by atoms with Gasteiger partial charge in [0.05, 0.1) is 12.2 Å². The van der Waals surface area contributed by atoms with Crippen LogP contribution in [0, 0.1) is 25.2 Å². The second-order valence-electron chi connectivity index (χ2n) is 6.66. The van der Waals surface area contributed by atoms with Crippen LogP contribution in [0.2, 0.25) is 0 Å². The van der Waals surface area contributed by atoms with Crippen molar-refractivity contribution in [3.63, 3.8) is 0 Å². The standard InChI is InChI=1S/C16H22N6S/c1-11-12(2)19-20-14(13(11)9-17)21-5-7-22(8-6-21)15-18-10-16(3,4)23-15/h5-8,10H2,1-4H3. The molecule has 3 rings (SSSR count). The average molecular weight is 330 g/mol. The molecule has 1 saturated heterocycles. The summed E-state index contributed by atoms with van der Waals surface area (Å²) >= 11 is 1.86. The van der Waals surface area contributed by atoms with Gasteiger partial charge < -0.3 is 9.80 Å². The van der Waals surface area contributed by atoms with Gasteiger partial charge in [-0.1, -0.05) is 11.8 Å². The van der Waals surface area contributed by atoms with E-state index in [1.165, 1.54) is 0 Å². The monoisotopic (exact) mass is 330 g/mol. The molecule has 0 unspecified atom stereocenters. The first kappa shape index (κ1) is 16.1. The van der Waals surface area contributed by atoms with Gasteiger partial charge in [0, 0.05) is 30.9 Å². The van der Waals surface area contributed by atoms with E-state index < -0.39 is 0 Å². The number of piperazine rings is 1. The SMILES string of the molecule is Cc1nnc(N2CCN(C3=NCC(C)(C)S3)CC2)c(C#N)c1C. The second kappa shape index (κ2) is 6.00. The Morgan fingerprint density at radius 1 is 1.09 bits per heavy atom. The first-order chi connectivity index (χ1) is 10.9.